The minimum absolute atomic E-state index is 0.167. The first-order chi connectivity index (χ1) is 15.3. The number of amides is 2. The van der Waals surface area contributed by atoms with Gasteiger partial charge in [0.2, 0.25) is 5.88 Å². The van der Waals surface area contributed by atoms with Crippen LogP contribution >= 0.6 is 23.1 Å². The van der Waals surface area contributed by atoms with E-state index in [1.54, 1.807) is 0 Å². The molecule has 4 rings (SSSR count). The first-order valence-corrected chi connectivity index (χ1v) is 11.1. The van der Waals surface area contributed by atoms with Crippen LogP contribution in [0.3, 0.4) is 0 Å². The Morgan fingerprint density at radius 3 is 2.81 bits per heavy atom. The number of thiazole rings is 1. The van der Waals surface area contributed by atoms with Crippen molar-refractivity contribution in [3.05, 3.63) is 22.5 Å². The van der Waals surface area contributed by atoms with E-state index in [9.17, 15) is 19.2 Å². The molecule has 3 atom stereocenters. The zero-order valence-corrected chi connectivity index (χ0v) is 18.1. The molecule has 170 valence electrons. The predicted octanol–water partition coefficient (Wildman–Crippen LogP) is -0.0550. The molecule has 1 aromatic rings. The highest BCUT2D eigenvalue weighted by molar-refractivity contribution is 8.00. The van der Waals surface area contributed by atoms with Gasteiger partial charge in [-0.1, -0.05) is 5.16 Å². The molecule has 0 aromatic carbocycles. The Balaban J connectivity index is 1.55. The fourth-order valence-electron chi connectivity index (χ4n) is 3.54. The summed E-state index contributed by atoms with van der Waals surface area (Å²) in [6, 6.07) is -0.977. The van der Waals surface area contributed by atoms with Crippen LogP contribution < -0.4 is 11.1 Å². The second-order valence-electron chi connectivity index (χ2n) is 6.76. The van der Waals surface area contributed by atoms with Crippen LogP contribution in [-0.2, 0) is 28.7 Å². The highest BCUT2D eigenvalue weighted by Gasteiger charge is 2.55. The highest BCUT2D eigenvalue weighted by atomic mass is 32.2. The molecule has 0 spiro atoms. The van der Waals surface area contributed by atoms with Crippen molar-refractivity contribution >= 4 is 57.9 Å². The van der Waals surface area contributed by atoms with Crippen LogP contribution in [0.5, 0.6) is 0 Å². The van der Waals surface area contributed by atoms with Gasteiger partial charge in [-0.25, -0.2) is 9.78 Å². The number of ether oxygens (including phenoxy) is 2. The Morgan fingerprint density at radius 1 is 1.44 bits per heavy atom. The van der Waals surface area contributed by atoms with Crippen molar-refractivity contribution in [3.8, 4) is 0 Å². The Kier molecular flexibility index (Phi) is 5.92. The number of anilines is 1. The molecule has 2 saturated heterocycles. The number of hydrogen-bond acceptors (Lipinski definition) is 12. The number of thioether (sulfide) groups is 1. The van der Waals surface area contributed by atoms with Gasteiger partial charge in [-0.15, -0.1) is 23.1 Å². The van der Waals surface area contributed by atoms with E-state index in [0.29, 0.717) is 12.0 Å². The van der Waals surface area contributed by atoms with Gasteiger partial charge in [0, 0.05) is 16.7 Å². The maximum atomic E-state index is 12.9. The molecule has 2 amide bonds. The SMILES string of the molecule is CO/N=C(\C(=O)N[C@@H]1C(=O)N2C(OC(=O)O)=C(C3CCOC3=O)CS[C@H]12)c1csc(N)n1. The van der Waals surface area contributed by atoms with Crippen LogP contribution in [0.2, 0.25) is 0 Å². The van der Waals surface area contributed by atoms with Crippen molar-refractivity contribution in [2.75, 3.05) is 25.2 Å². The number of oxime groups is 1. The lowest BCUT2D eigenvalue weighted by Crippen LogP contribution is -2.70. The standard InChI is InChI=1S/C17H17N5O8S2/c1-28-21-9(8-5-32-16(18)19-8)11(23)20-10-12(24)22-13(30-17(26)27)7(4-31-14(10)22)6-2-3-29-15(6)25/h5-6,10,14H,2-4H2,1H3,(H2,18,19)(H,20,23)(H,26,27)/b21-9-/t6?,10-,14-/m1/s1. The van der Waals surface area contributed by atoms with Gasteiger partial charge in [-0.2, -0.15) is 0 Å². The molecule has 3 aliphatic rings. The van der Waals surface area contributed by atoms with Gasteiger partial charge in [-0.3, -0.25) is 19.3 Å². The van der Waals surface area contributed by atoms with E-state index in [1.807, 2.05) is 0 Å². The molecule has 1 unspecified atom stereocenters. The van der Waals surface area contributed by atoms with E-state index in [-0.39, 0.29) is 34.8 Å². The molecule has 13 nitrogen and oxygen atoms in total. The number of nitrogens with zero attached hydrogens (tertiary/aromatic N) is 3. The van der Waals surface area contributed by atoms with E-state index >= 15 is 0 Å². The molecule has 0 radical (unpaired) electrons. The second kappa shape index (κ2) is 8.66. The number of rotatable bonds is 6. The normalized spacial score (nSPS) is 25.1. The molecule has 1 aromatic heterocycles. The van der Waals surface area contributed by atoms with Crippen LogP contribution in [0.4, 0.5) is 9.93 Å². The topological polar surface area (TPSA) is 183 Å². The Bertz CT molecular complexity index is 1050. The largest absolute Gasteiger partial charge is 0.512 e. The first-order valence-electron chi connectivity index (χ1n) is 9.20. The van der Waals surface area contributed by atoms with E-state index in [2.05, 4.69) is 15.5 Å². The molecule has 15 heteroatoms. The predicted molar refractivity (Wildman–Crippen MR) is 110 cm³/mol. The molecule has 0 saturated carbocycles. The number of nitrogens with two attached hydrogens (primary N) is 1. The third-order valence-corrected chi connectivity index (χ3v) is 6.91. The van der Waals surface area contributed by atoms with Gasteiger partial charge >= 0.3 is 12.1 Å². The number of cyclic esters (lactones) is 1. The third-order valence-electron chi connectivity index (χ3n) is 4.94. The molecule has 32 heavy (non-hydrogen) atoms. The Hall–Kier alpha value is -3.33. The molecule has 4 heterocycles. The van der Waals surface area contributed by atoms with Crippen molar-refractivity contribution in [2.45, 2.75) is 17.8 Å². The molecular weight excluding hydrogens is 466 g/mol. The lowest BCUT2D eigenvalue weighted by molar-refractivity contribution is -0.148. The minimum Gasteiger partial charge on any atom is -0.465 e. The summed E-state index contributed by atoms with van der Waals surface area (Å²) in [5, 5.41) is 16.5. The molecular formula is C17H17N5O8S2. The van der Waals surface area contributed by atoms with Gasteiger partial charge in [0.15, 0.2) is 10.8 Å². The number of esters is 1. The summed E-state index contributed by atoms with van der Waals surface area (Å²) < 4.78 is 9.84. The summed E-state index contributed by atoms with van der Waals surface area (Å²) >= 11 is 2.37. The van der Waals surface area contributed by atoms with E-state index in [4.69, 9.17) is 25.2 Å². The van der Waals surface area contributed by atoms with Gasteiger partial charge < -0.3 is 30.5 Å². The van der Waals surface area contributed by atoms with Crippen molar-refractivity contribution in [1.29, 1.82) is 0 Å². The zero-order chi connectivity index (χ0) is 23.0. The second-order valence-corrected chi connectivity index (χ2v) is 8.76. The molecule has 2 fully saturated rings. The van der Waals surface area contributed by atoms with Crippen LogP contribution in [0.25, 0.3) is 0 Å². The summed E-state index contributed by atoms with van der Waals surface area (Å²) in [6.07, 6.45) is -1.26. The summed E-state index contributed by atoms with van der Waals surface area (Å²) in [5.74, 6) is -2.47. The minimum atomic E-state index is -1.62. The van der Waals surface area contributed by atoms with Gasteiger partial charge in [0.05, 0.1) is 12.5 Å². The Morgan fingerprint density at radius 2 is 2.22 bits per heavy atom. The number of fused-ring (bicyclic) bond motifs is 1. The van der Waals surface area contributed by atoms with Crippen molar-refractivity contribution < 1.29 is 38.6 Å². The lowest BCUT2D eigenvalue weighted by atomic mass is 9.97. The lowest BCUT2D eigenvalue weighted by Gasteiger charge is -2.49. The van der Waals surface area contributed by atoms with Crippen molar-refractivity contribution in [1.82, 2.24) is 15.2 Å². The molecule has 3 aliphatic heterocycles. The van der Waals surface area contributed by atoms with Crippen molar-refractivity contribution in [2.24, 2.45) is 11.1 Å². The first kappa shape index (κ1) is 21.9. The number of aromatic nitrogens is 1. The number of carbonyl (C=O) groups is 4. The smallest absolute Gasteiger partial charge is 0.465 e. The van der Waals surface area contributed by atoms with Gasteiger partial charge in [-0.05, 0) is 6.42 Å². The van der Waals surface area contributed by atoms with Crippen LogP contribution in [0.15, 0.2) is 22.0 Å². The summed E-state index contributed by atoms with van der Waals surface area (Å²) in [7, 11) is 1.26. The number of hydrogen-bond donors (Lipinski definition) is 3. The molecule has 0 aliphatic carbocycles. The third kappa shape index (κ3) is 3.84. The number of nitrogens with one attached hydrogen (secondary N) is 1. The average molecular weight is 483 g/mol. The summed E-state index contributed by atoms with van der Waals surface area (Å²) in [6.45, 7) is 0.205. The highest BCUT2D eigenvalue weighted by Crippen LogP contribution is 2.44. The monoisotopic (exact) mass is 483 g/mol. The van der Waals surface area contributed by atoms with E-state index in [1.165, 1.54) is 24.3 Å². The fourth-order valence-corrected chi connectivity index (χ4v) is 5.48. The van der Waals surface area contributed by atoms with Crippen LogP contribution in [0, 0.1) is 5.92 Å². The number of β-lactam (4-membered cyclic amide) rings is 1. The fraction of sp³-hybridized carbons (Fsp3) is 0.412. The summed E-state index contributed by atoms with van der Waals surface area (Å²) in [4.78, 5) is 58.7. The maximum absolute atomic E-state index is 12.9. The number of carbonyl (C=O) groups excluding carboxylic acids is 3. The van der Waals surface area contributed by atoms with Gasteiger partial charge in [0.1, 0.15) is 24.2 Å². The maximum Gasteiger partial charge on any atom is 0.512 e. The number of nitrogen functional groups attached to an aromatic ring is 1. The van der Waals surface area contributed by atoms with E-state index in [0.717, 1.165) is 16.2 Å². The quantitative estimate of drug-likeness (QED) is 0.213. The zero-order valence-electron chi connectivity index (χ0n) is 16.5. The molecule has 0 bridgehead atoms. The summed E-state index contributed by atoms with van der Waals surface area (Å²) in [5.41, 5.74) is 5.99. The van der Waals surface area contributed by atoms with Crippen LogP contribution in [0.1, 0.15) is 12.1 Å². The average Bonchev–Trinajstić information content (AvgIpc) is 3.37. The van der Waals surface area contributed by atoms with Gasteiger partial charge in [0.25, 0.3) is 11.8 Å². The van der Waals surface area contributed by atoms with E-state index < -0.39 is 41.3 Å². The Labute approximate surface area is 188 Å². The molecule has 4 N–H and O–H groups in total. The number of carboxylic acid groups (broad SMARTS) is 1. The van der Waals surface area contributed by atoms with Crippen LogP contribution in [-0.4, -0.2) is 75.5 Å². The van der Waals surface area contributed by atoms with Crippen molar-refractivity contribution in [3.63, 3.8) is 0 Å².